The smallest absolute Gasteiger partial charge is 0.290 e. The number of hydrogen-bond donors (Lipinski definition) is 1. The molecule has 2 heterocycles. The van der Waals surface area contributed by atoms with E-state index in [1.165, 1.54) is 26.0 Å². The molecule has 140 valence electrons. The second-order valence-electron chi connectivity index (χ2n) is 6.43. The highest BCUT2D eigenvalue weighted by atomic mass is 16.5. The van der Waals surface area contributed by atoms with Crippen LogP contribution in [0.4, 0.5) is 0 Å². The van der Waals surface area contributed by atoms with Crippen molar-refractivity contribution in [2.75, 3.05) is 27.4 Å². The van der Waals surface area contributed by atoms with Crippen molar-refractivity contribution in [2.24, 2.45) is 0 Å². The van der Waals surface area contributed by atoms with E-state index in [-0.39, 0.29) is 17.5 Å². The van der Waals surface area contributed by atoms with Crippen LogP contribution in [-0.4, -0.2) is 55.2 Å². The van der Waals surface area contributed by atoms with Gasteiger partial charge in [0.1, 0.15) is 0 Å². The third kappa shape index (κ3) is 3.14. The van der Waals surface area contributed by atoms with Crippen LogP contribution in [-0.2, 0) is 14.3 Å². The molecular weight excluding hydrogens is 338 g/mol. The molecule has 2 aliphatic rings. The fourth-order valence-corrected chi connectivity index (χ4v) is 3.58. The van der Waals surface area contributed by atoms with Gasteiger partial charge in [-0.25, -0.2) is 0 Å². The molecule has 0 saturated carbocycles. The molecular formula is C19H23NO6. The predicted octanol–water partition coefficient (Wildman–Crippen LogP) is 2.17. The molecule has 3 rings (SSSR count). The lowest BCUT2D eigenvalue weighted by molar-refractivity contribution is -0.131. The third-order valence-electron chi connectivity index (χ3n) is 4.83. The van der Waals surface area contributed by atoms with Gasteiger partial charge in [-0.15, -0.1) is 0 Å². The van der Waals surface area contributed by atoms with Crippen LogP contribution in [0.25, 0.3) is 0 Å². The second kappa shape index (κ2) is 7.37. The summed E-state index contributed by atoms with van der Waals surface area (Å²) in [5, 5.41) is 10.3. The Bertz CT molecular complexity index is 750. The molecule has 1 fully saturated rings. The van der Waals surface area contributed by atoms with E-state index >= 15 is 0 Å². The summed E-state index contributed by atoms with van der Waals surface area (Å²) < 4.78 is 16.2. The number of carbonyl (C=O) groups excluding carboxylic acids is 2. The number of benzene rings is 1. The van der Waals surface area contributed by atoms with Gasteiger partial charge in [0.2, 0.25) is 0 Å². The molecule has 1 amide bonds. The highest BCUT2D eigenvalue weighted by Crippen LogP contribution is 2.41. The Morgan fingerprint density at radius 3 is 2.62 bits per heavy atom. The average Bonchev–Trinajstić information content (AvgIpc) is 3.23. The molecule has 2 aliphatic heterocycles. The van der Waals surface area contributed by atoms with Gasteiger partial charge in [-0.1, -0.05) is 6.07 Å². The SMILES string of the molecule is COc1ccc(C2C(C(C)=O)=C(O)C(=O)N2CC2CCCO2)cc1OC. The van der Waals surface area contributed by atoms with Crippen molar-refractivity contribution in [3.05, 3.63) is 35.1 Å². The number of carbonyl (C=O) groups is 2. The summed E-state index contributed by atoms with van der Waals surface area (Å²) in [6.45, 7) is 2.33. The standard InChI is InChI=1S/C19H23NO6/c1-11(21)16-17(12-6-7-14(24-2)15(9-12)25-3)20(19(23)18(16)22)10-13-5-4-8-26-13/h6-7,9,13,17,22H,4-5,8,10H2,1-3H3. The topological polar surface area (TPSA) is 85.3 Å². The third-order valence-corrected chi connectivity index (χ3v) is 4.83. The molecule has 1 saturated heterocycles. The van der Waals surface area contributed by atoms with Crippen LogP contribution in [0.15, 0.2) is 29.5 Å². The lowest BCUT2D eigenvalue weighted by atomic mass is 9.96. The summed E-state index contributed by atoms with van der Waals surface area (Å²) in [4.78, 5) is 26.3. The van der Waals surface area contributed by atoms with Gasteiger partial charge >= 0.3 is 0 Å². The van der Waals surface area contributed by atoms with E-state index in [1.807, 2.05) is 0 Å². The molecule has 1 N–H and O–H groups in total. The zero-order valence-corrected chi connectivity index (χ0v) is 15.2. The number of amides is 1. The summed E-state index contributed by atoms with van der Waals surface area (Å²) in [6, 6.07) is 4.53. The average molecular weight is 361 g/mol. The first-order chi connectivity index (χ1) is 12.5. The Morgan fingerprint density at radius 2 is 2.04 bits per heavy atom. The Balaban J connectivity index is 2.02. The number of nitrogens with zero attached hydrogens (tertiary/aromatic N) is 1. The molecule has 0 aliphatic carbocycles. The maximum absolute atomic E-state index is 12.6. The van der Waals surface area contributed by atoms with E-state index in [0.29, 0.717) is 30.2 Å². The number of aliphatic hydroxyl groups excluding tert-OH is 1. The van der Waals surface area contributed by atoms with Crippen LogP contribution in [0.3, 0.4) is 0 Å². The van der Waals surface area contributed by atoms with Gasteiger partial charge in [0.25, 0.3) is 5.91 Å². The number of ether oxygens (including phenoxy) is 3. The van der Waals surface area contributed by atoms with Crippen LogP contribution in [0.1, 0.15) is 31.4 Å². The second-order valence-corrected chi connectivity index (χ2v) is 6.43. The largest absolute Gasteiger partial charge is 0.503 e. The van der Waals surface area contributed by atoms with Crippen molar-refractivity contribution in [1.82, 2.24) is 4.90 Å². The molecule has 26 heavy (non-hydrogen) atoms. The van der Waals surface area contributed by atoms with Gasteiger partial charge in [-0.2, -0.15) is 0 Å². The van der Waals surface area contributed by atoms with Crippen molar-refractivity contribution in [3.63, 3.8) is 0 Å². The van der Waals surface area contributed by atoms with Gasteiger partial charge in [0.05, 0.1) is 31.9 Å². The van der Waals surface area contributed by atoms with Crippen molar-refractivity contribution in [3.8, 4) is 11.5 Å². The Hall–Kier alpha value is -2.54. The van der Waals surface area contributed by atoms with Crippen LogP contribution >= 0.6 is 0 Å². The molecule has 2 unspecified atom stereocenters. The fourth-order valence-electron chi connectivity index (χ4n) is 3.58. The molecule has 2 atom stereocenters. The number of aliphatic hydroxyl groups is 1. The van der Waals surface area contributed by atoms with Crippen LogP contribution in [0.2, 0.25) is 0 Å². The molecule has 0 bridgehead atoms. The summed E-state index contributed by atoms with van der Waals surface area (Å²) in [7, 11) is 3.05. The van der Waals surface area contributed by atoms with Crippen molar-refractivity contribution in [1.29, 1.82) is 0 Å². The Morgan fingerprint density at radius 1 is 1.31 bits per heavy atom. The fraction of sp³-hybridized carbons (Fsp3) is 0.474. The van der Waals surface area contributed by atoms with E-state index in [0.717, 1.165) is 12.8 Å². The zero-order chi connectivity index (χ0) is 18.8. The highest BCUT2D eigenvalue weighted by Gasteiger charge is 2.43. The van der Waals surface area contributed by atoms with Crippen molar-refractivity contribution < 1.29 is 28.9 Å². The van der Waals surface area contributed by atoms with Gasteiger partial charge in [0.15, 0.2) is 23.0 Å². The summed E-state index contributed by atoms with van der Waals surface area (Å²) in [5.74, 6) is -0.348. The van der Waals surface area contributed by atoms with E-state index in [2.05, 4.69) is 0 Å². The molecule has 7 nitrogen and oxygen atoms in total. The molecule has 7 heteroatoms. The first-order valence-corrected chi connectivity index (χ1v) is 8.56. The number of ketones is 1. The zero-order valence-electron chi connectivity index (χ0n) is 15.2. The normalized spacial score (nSPS) is 22.9. The van der Waals surface area contributed by atoms with Crippen molar-refractivity contribution in [2.45, 2.75) is 31.9 Å². The van der Waals surface area contributed by atoms with Gasteiger partial charge in [-0.3, -0.25) is 9.59 Å². The van der Waals surface area contributed by atoms with Crippen LogP contribution in [0, 0.1) is 0 Å². The maximum Gasteiger partial charge on any atom is 0.290 e. The van der Waals surface area contributed by atoms with Crippen molar-refractivity contribution >= 4 is 11.7 Å². The van der Waals surface area contributed by atoms with Crippen LogP contribution in [0.5, 0.6) is 11.5 Å². The minimum Gasteiger partial charge on any atom is -0.503 e. The van der Waals surface area contributed by atoms with Gasteiger partial charge < -0.3 is 24.2 Å². The quantitative estimate of drug-likeness (QED) is 0.836. The van der Waals surface area contributed by atoms with Gasteiger partial charge in [-0.05, 0) is 37.5 Å². The minimum atomic E-state index is -0.677. The number of rotatable bonds is 6. The lowest BCUT2D eigenvalue weighted by Gasteiger charge is -2.29. The van der Waals surface area contributed by atoms with E-state index in [9.17, 15) is 14.7 Å². The summed E-state index contributed by atoms with van der Waals surface area (Å²) in [5.41, 5.74) is 0.767. The van der Waals surface area contributed by atoms with Gasteiger partial charge in [0, 0.05) is 13.2 Å². The van der Waals surface area contributed by atoms with Crippen LogP contribution < -0.4 is 9.47 Å². The first-order valence-electron chi connectivity index (χ1n) is 8.56. The first kappa shape index (κ1) is 18.3. The summed E-state index contributed by atoms with van der Waals surface area (Å²) >= 11 is 0. The number of methoxy groups -OCH3 is 2. The lowest BCUT2D eigenvalue weighted by Crippen LogP contribution is -2.37. The molecule has 0 aromatic heterocycles. The molecule has 0 radical (unpaired) electrons. The molecule has 0 spiro atoms. The molecule has 1 aromatic carbocycles. The highest BCUT2D eigenvalue weighted by molar-refractivity contribution is 6.08. The Labute approximate surface area is 152 Å². The predicted molar refractivity (Wildman–Crippen MR) is 93.3 cm³/mol. The van der Waals surface area contributed by atoms with E-state index in [4.69, 9.17) is 14.2 Å². The maximum atomic E-state index is 12.6. The minimum absolute atomic E-state index is 0.0966. The summed E-state index contributed by atoms with van der Waals surface area (Å²) in [6.07, 6.45) is 1.69. The number of Topliss-reactive ketones (excluding diaryl/α,β-unsaturated/α-hetero) is 1. The van der Waals surface area contributed by atoms with E-state index < -0.39 is 17.7 Å². The Kier molecular flexibility index (Phi) is 5.18. The molecule has 1 aromatic rings. The monoisotopic (exact) mass is 361 g/mol. The number of hydrogen-bond acceptors (Lipinski definition) is 6. The van der Waals surface area contributed by atoms with E-state index in [1.54, 1.807) is 18.2 Å².